The van der Waals surface area contributed by atoms with Gasteiger partial charge in [-0.15, -0.1) is 0 Å². The van der Waals surface area contributed by atoms with Crippen LogP contribution in [-0.4, -0.2) is 23.4 Å². The van der Waals surface area contributed by atoms with Gasteiger partial charge in [-0.2, -0.15) is 0 Å². The molecule has 96 valence electrons. The van der Waals surface area contributed by atoms with Crippen molar-refractivity contribution in [2.24, 2.45) is 17.3 Å². The fraction of sp³-hybridized carbons (Fsp3) is 1.00. The highest BCUT2D eigenvalue weighted by molar-refractivity contribution is 4.87. The van der Waals surface area contributed by atoms with E-state index in [0.29, 0.717) is 11.8 Å². The Balaban J connectivity index is 2.61. The second-order valence-electron chi connectivity index (χ2n) is 5.95. The first-order valence-electron chi connectivity index (χ1n) is 6.86. The van der Waals surface area contributed by atoms with Crippen LogP contribution in [0, 0.1) is 17.3 Å². The molecular formula is C14H28O2. The molecule has 0 bridgehead atoms. The van der Waals surface area contributed by atoms with E-state index in [1.807, 2.05) is 0 Å². The summed E-state index contributed by atoms with van der Waals surface area (Å²) < 4.78 is 0. The third-order valence-electron chi connectivity index (χ3n) is 4.32. The van der Waals surface area contributed by atoms with Gasteiger partial charge in [-0.3, -0.25) is 0 Å². The van der Waals surface area contributed by atoms with Crippen molar-refractivity contribution in [3.8, 4) is 0 Å². The maximum absolute atomic E-state index is 9.68. The van der Waals surface area contributed by atoms with Crippen LogP contribution in [0.4, 0.5) is 0 Å². The average Bonchev–Trinajstić information content (AvgIpc) is 2.32. The van der Waals surface area contributed by atoms with Crippen molar-refractivity contribution in [1.29, 1.82) is 0 Å². The Morgan fingerprint density at radius 3 is 2.06 bits per heavy atom. The summed E-state index contributed by atoms with van der Waals surface area (Å²) in [6.45, 7) is 4.72. The summed E-state index contributed by atoms with van der Waals surface area (Å²) in [5.41, 5.74) is -0.204. The lowest BCUT2D eigenvalue weighted by Gasteiger charge is -2.40. The normalized spacial score (nSPS) is 19.3. The molecular weight excluding hydrogens is 200 g/mol. The second kappa shape index (κ2) is 6.61. The van der Waals surface area contributed by atoms with E-state index in [1.54, 1.807) is 0 Å². The molecule has 1 saturated carbocycles. The molecule has 2 heteroatoms. The van der Waals surface area contributed by atoms with Gasteiger partial charge in [0, 0.05) is 5.41 Å². The summed E-state index contributed by atoms with van der Waals surface area (Å²) in [6.07, 6.45) is 8.34. The summed E-state index contributed by atoms with van der Waals surface area (Å²) in [7, 11) is 0. The Morgan fingerprint density at radius 2 is 1.62 bits per heavy atom. The van der Waals surface area contributed by atoms with Crippen molar-refractivity contribution in [3.05, 3.63) is 0 Å². The van der Waals surface area contributed by atoms with Crippen molar-refractivity contribution < 1.29 is 10.2 Å². The smallest absolute Gasteiger partial charge is 0.0512 e. The molecule has 0 amide bonds. The van der Waals surface area contributed by atoms with Crippen LogP contribution in [0.2, 0.25) is 0 Å². The SMILES string of the molecule is CC(C)CCC(CO)(CO)C1CCCCC1. The summed E-state index contributed by atoms with van der Waals surface area (Å²) >= 11 is 0. The van der Waals surface area contributed by atoms with Gasteiger partial charge in [0.25, 0.3) is 0 Å². The van der Waals surface area contributed by atoms with E-state index in [-0.39, 0.29) is 18.6 Å². The van der Waals surface area contributed by atoms with Crippen molar-refractivity contribution in [2.75, 3.05) is 13.2 Å². The summed E-state index contributed by atoms with van der Waals surface area (Å²) in [5, 5.41) is 19.4. The molecule has 0 spiro atoms. The first kappa shape index (κ1) is 14.0. The van der Waals surface area contributed by atoms with E-state index in [2.05, 4.69) is 13.8 Å². The van der Waals surface area contributed by atoms with Crippen LogP contribution in [0.5, 0.6) is 0 Å². The van der Waals surface area contributed by atoms with E-state index >= 15 is 0 Å². The van der Waals surface area contributed by atoms with E-state index in [1.165, 1.54) is 32.1 Å². The third-order valence-corrected chi connectivity index (χ3v) is 4.32. The monoisotopic (exact) mass is 228 g/mol. The molecule has 2 nitrogen and oxygen atoms in total. The van der Waals surface area contributed by atoms with Gasteiger partial charge in [0.2, 0.25) is 0 Å². The maximum Gasteiger partial charge on any atom is 0.0512 e. The number of rotatable bonds is 6. The van der Waals surface area contributed by atoms with E-state index in [0.717, 1.165) is 12.8 Å². The Morgan fingerprint density at radius 1 is 1.06 bits per heavy atom. The predicted molar refractivity (Wildman–Crippen MR) is 67.3 cm³/mol. The molecule has 0 aromatic carbocycles. The van der Waals surface area contributed by atoms with Gasteiger partial charge >= 0.3 is 0 Å². The lowest BCUT2D eigenvalue weighted by atomic mass is 9.66. The van der Waals surface area contributed by atoms with Gasteiger partial charge in [0.1, 0.15) is 0 Å². The van der Waals surface area contributed by atoms with Crippen molar-refractivity contribution in [3.63, 3.8) is 0 Å². The second-order valence-corrected chi connectivity index (χ2v) is 5.95. The maximum atomic E-state index is 9.68. The van der Waals surface area contributed by atoms with Gasteiger partial charge in [-0.25, -0.2) is 0 Å². The molecule has 1 fully saturated rings. The average molecular weight is 228 g/mol. The van der Waals surface area contributed by atoms with Gasteiger partial charge in [0.15, 0.2) is 0 Å². The molecule has 0 saturated heterocycles. The Hall–Kier alpha value is -0.0800. The van der Waals surface area contributed by atoms with Crippen LogP contribution < -0.4 is 0 Å². The van der Waals surface area contributed by atoms with Crippen molar-refractivity contribution in [1.82, 2.24) is 0 Å². The van der Waals surface area contributed by atoms with Gasteiger partial charge in [0.05, 0.1) is 13.2 Å². The Bertz CT molecular complexity index is 179. The van der Waals surface area contributed by atoms with E-state index < -0.39 is 0 Å². The van der Waals surface area contributed by atoms with Crippen LogP contribution in [0.1, 0.15) is 58.8 Å². The van der Waals surface area contributed by atoms with Crippen molar-refractivity contribution >= 4 is 0 Å². The molecule has 1 rings (SSSR count). The molecule has 0 radical (unpaired) electrons. The van der Waals surface area contributed by atoms with Gasteiger partial charge < -0.3 is 10.2 Å². The molecule has 0 aliphatic heterocycles. The molecule has 1 aliphatic carbocycles. The number of aliphatic hydroxyl groups excluding tert-OH is 2. The van der Waals surface area contributed by atoms with E-state index in [9.17, 15) is 10.2 Å². The molecule has 2 N–H and O–H groups in total. The Kier molecular flexibility index (Phi) is 5.77. The highest BCUT2D eigenvalue weighted by Gasteiger charge is 2.37. The molecule has 0 aromatic heterocycles. The molecule has 0 atom stereocenters. The first-order chi connectivity index (χ1) is 7.64. The summed E-state index contributed by atoms with van der Waals surface area (Å²) in [6, 6.07) is 0. The van der Waals surface area contributed by atoms with Crippen molar-refractivity contribution in [2.45, 2.75) is 58.8 Å². The largest absolute Gasteiger partial charge is 0.396 e. The number of hydrogen-bond acceptors (Lipinski definition) is 2. The lowest BCUT2D eigenvalue weighted by Crippen LogP contribution is -2.39. The zero-order valence-electron chi connectivity index (χ0n) is 10.9. The highest BCUT2D eigenvalue weighted by atomic mass is 16.3. The molecule has 16 heavy (non-hydrogen) atoms. The van der Waals surface area contributed by atoms with E-state index in [4.69, 9.17) is 0 Å². The van der Waals surface area contributed by atoms with Crippen LogP contribution >= 0.6 is 0 Å². The molecule has 0 aromatic rings. The zero-order chi connectivity index (χ0) is 12.0. The quantitative estimate of drug-likeness (QED) is 0.733. The minimum atomic E-state index is -0.204. The topological polar surface area (TPSA) is 40.5 Å². The minimum Gasteiger partial charge on any atom is -0.396 e. The summed E-state index contributed by atoms with van der Waals surface area (Å²) in [4.78, 5) is 0. The molecule has 0 unspecified atom stereocenters. The molecule has 1 aliphatic rings. The highest BCUT2D eigenvalue weighted by Crippen LogP contribution is 2.42. The minimum absolute atomic E-state index is 0.154. The van der Waals surface area contributed by atoms with Gasteiger partial charge in [-0.05, 0) is 31.1 Å². The Labute approximate surface area is 100 Å². The van der Waals surface area contributed by atoms with Crippen LogP contribution in [0.3, 0.4) is 0 Å². The zero-order valence-corrected chi connectivity index (χ0v) is 10.9. The van der Waals surface area contributed by atoms with Crippen LogP contribution in [-0.2, 0) is 0 Å². The molecule has 0 heterocycles. The van der Waals surface area contributed by atoms with Crippen LogP contribution in [0.25, 0.3) is 0 Å². The fourth-order valence-electron chi connectivity index (χ4n) is 2.96. The third kappa shape index (κ3) is 3.46. The fourth-order valence-corrected chi connectivity index (χ4v) is 2.96. The standard InChI is InChI=1S/C14H28O2/c1-12(2)8-9-14(10-15,11-16)13-6-4-3-5-7-13/h12-13,15-16H,3-11H2,1-2H3. The number of aliphatic hydroxyl groups is 2. The predicted octanol–water partition coefficient (Wildman–Crippen LogP) is 2.97. The first-order valence-corrected chi connectivity index (χ1v) is 6.86. The van der Waals surface area contributed by atoms with Gasteiger partial charge in [-0.1, -0.05) is 39.5 Å². The number of hydrogen-bond donors (Lipinski definition) is 2. The lowest BCUT2D eigenvalue weighted by molar-refractivity contribution is -0.0207. The summed E-state index contributed by atoms with van der Waals surface area (Å²) in [5.74, 6) is 1.19. The van der Waals surface area contributed by atoms with Crippen LogP contribution in [0.15, 0.2) is 0 Å².